The van der Waals surface area contributed by atoms with Gasteiger partial charge in [-0.2, -0.15) is 0 Å². The summed E-state index contributed by atoms with van der Waals surface area (Å²) in [4.78, 5) is 0. The fourth-order valence-electron chi connectivity index (χ4n) is 3.73. The van der Waals surface area contributed by atoms with E-state index in [2.05, 4.69) is 48.5 Å². The van der Waals surface area contributed by atoms with Crippen molar-refractivity contribution < 1.29 is 9.47 Å². The van der Waals surface area contributed by atoms with E-state index in [0.29, 0.717) is 6.61 Å². The molecular weight excluding hydrogens is 296 g/mol. The molecule has 0 amide bonds. The van der Waals surface area contributed by atoms with Gasteiger partial charge in [0.25, 0.3) is 0 Å². The van der Waals surface area contributed by atoms with E-state index >= 15 is 0 Å². The Morgan fingerprint density at radius 1 is 0.750 bits per heavy atom. The average molecular weight is 316 g/mol. The lowest BCUT2D eigenvalue weighted by Gasteiger charge is -2.39. The molecule has 2 heteroatoms. The van der Waals surface area contributed by atoms with Crippen molar-refractivity contribution in [3.05, 3.63) is 108 Å². The SMILES string of the molecule is COC(c1ccccc1)(c1ccccc1)C1(c2ccccc2)CO1. The van der Waals surface area contributed by atoms with Gasteiger partial charge in [0.15, 0.2) is 11.2 Å². The van der Waals surface area contributed by atoms with Crippen LogP contribution >= 0.6 is 0 Å². The zero-order valence-corrected chi connectivity index (χ0v) is 13.7. The first-order valence-corrected chi connectivity index (χ1v) is 8.19. The molecule has 4 rings (SSSR count). The molecule has 3 aromatic carbocycles. The maximum absolute atomic E-state index is 6.27. The second kappa shape index (κ2) is 5.90. The topological polar surface area (TPSA) is 21.8 Å². The van der Waals surface area contributed by atoms with Crippen molar-refractivity contribution in [1.82, 2.24) is 0 Å². The summed E-state index contributed by atoms with van der Waals surface area (Å²) < 4.78 is 12.4. The van der Waals surface area contributed by atoms with E-state index in [1.54, 1.807) is 7.11 Å². The molecule has 1 aliphatic rings. The van der Waals surface area contributed by atoms with Gasteiger partial charge in [0.05, 0.1) is 6.61 Å². The zero-order valence-electron chi connectivity index (χ0n) is 13.7. The van der Waals surface area contributed by atoms with Gasteiger partial charge < -0.3 is 9.47 Å². The Morgan fingerprint density at radius 2 is 1.17 bits per heavy atom. The fourth-order valence-corrected chi connectivity index (χ4v) is 3.73. The van der Waals surface area contributed by atoms with Crippen LogP contribution in [0.1, 0.15) is 16.7 Å². The molecule has 1 saturated heterocycles. The molecule has 1 aliphatic heterocycles. The molecule has 0 radical (unpaired) electrons. The molecule has 0 aliphatic carbocycles. The monoisotopic (exact) mass is 316 g/mol. The van der Waals surface area contributed by atoms with E-state index < -0.39 is 11.2 Å². The standard InChI is InChI=1S/C22H20O2/c1-23-22(19-13-7-3-8-14-19,20-15-9-4-10-16-20)21(17-24-21)18-11-5-2-6-12-18/h2-16H,17H2,1H3. The van der Waals surface area contributed by atoms with Crippen LogP contribution in [0.3, 0.4) is 0 Å². The van der Waals surface area contributed by atoms with Crippen LogP contribution in [-0.4, -0.2) is 13.7 Å². The van der Waals surface area contributed by atoms with Crippen LogP contribution in [0.2, 0.25) is 0 Å². The van der Waals surface area contributed by atoms with Crippen LogP contribution in [0.5, 0.6) is 0 Å². The highest BCUT2D eigenvalue weighted by atomic mass is 16.6. The Morgan fingerprint density at radius 3 is 1.54 bits per heavy atom. The van der Waals surface area contributed by atoms with Crippen molar-refractivity contribution in [2.75, 3.05) is 13.7 Å². The number of hydrogen-bond acceptors (Lipinski definition) is 2. The molecule has 0 saturated carbocycles. The summed E-state index contributed by atoms with van der Waals surface area (Å²) in [5, 5.41) is 0. The van der Waals surface area contributed by atoms with Crippen LogP contribution in [-0.2, 0) is 20.7 Å². The van der Waals surface area contributed by atoms with Crippen LogP contribution in [0.25, 0.3) is 0 Å². The van der Waals surface area contributed by atoms with Gasteiger partial charge in [-0.1, -0.05) is 91.0 Å². The Hall–Kier alpha value is -2.42. The van der Waals surface area contributed by atoms with E-state index in [1.807, 2.05) is 42.5 Å². The van der Waals surface area contributed by atoms with Crippen molar-refractivity contribution in [3.63, 3.8) is 0 Å². The quantitative estimate of drug-likeness (QED) is 0.646. The summed E-state index contributed by atoms with van der Waals surface area (Å²) >= 11 is 0. The number of hydrogen-bond donors (Lipinski definition) is 0. The molecule has 0 aromatic heterocycles. The number of ether oxygens (including phenoxy) is 2. The largest absolute Gasteiger partial charge is 0.365 e. The Bertz CT molecular complexity index is 754. The number of epoxide rings is 1. The van der Waals surface area contributed by atoms with Crippen molar-refractivity contribution in [2.24, 2.45) is 0 Å². The van der Waals surface area contributed by atoms with E-state index in [0.717, 1.165) is 16.7 Å². The van der Waals surface area contributed by atoms with Crippen LogP contribution in [0.4, 0.5) is 0 Å². The number of rotatable bonds is 5. The van der Waals surface area contributed by atoms with E-state index in [1.165, 1.54) is 0 Å². The van der Waals surface area contributed by atoms with Gasteiger partial charge in [-0.25, -0.2) is 0 Å². The van der Waals surface area contributed by atoms with E-state index in [-0.39, 0.29) is 0 Å². The first-order valence-electron chi connectivity index (χ1n) is 8.19. The van der Waals surface area contributed by atoms with Crippen molar-refractivity contribution in [3.8, 4) is 0 Å². The van der Waals surface area contributed by atoms with Gasteiger partial charge in [-0.3, -0.25) is 0 Å². The first-order chi connectivity index (χ1) is 11.8. The highest BCUT2D eigenvalue weighted by Crippen LogP contribution is 2.57. The maximum Gasteiger partial charge on any atom is 0.154 e. The molecule has 0 N–H and O–H groups in total. The van der Waals surface area contributed by atoms with Crippen molar-refractivity contribution in [1.29, 1.82) is 0 Å². The van der Waals surface area contributed by atoms with Gasteiger partial charge >= 0.3 is 0 Å². The van der Waals surface area contributed by atoms with Gasteiger partial charge in [0, 0.05) is 7.11 Å². The number of methoxy groups -OCH3 is 1. The van der Waals surface area contributed by atoms with Crippen LogP contribution < -0.4 is 0 Å². The third kappa shape index (κ3) is 2.11. The third-order valence-electron chi connectivity index (χ3n) is 4.91. The van der Waals surface area contributed by atoms with Gasteiger partial charge in [0.1, 0.15) is 0 Å². The highest BCUT2D eigenvalue weighted by Gasteiger charge is 2.65. The Kier molecular flexibility index (Phi) is 3.72. The summed E-state index contributed by atoms with van der Waals surface area (Å²) in [6.45, 7) is 0.634. The molecule has 1 heterocycles. The summed E-state index contributed by atoms with van der Waals surface area (Å²) in [5.74, 6) is 0. The summed E-state index contributed by atoms with van der Waals surface area (Å²) in [6, 6.07) is 31.1. The smallest absolute Gasteiger partial charge is 0.154 e. The molecule has 120 valence electrons. The molecule has 24 heavy (non-hydrogen) atoms. The lowest BCUT2D eigenvalue weighted by Crippen LogP contribution is -2.44. The Balaban J connectivity index is 1.98. The number of benzene rings is 3. The predicted molar refractivity (Wildman–Crippen MR) is 94.7 cm³/mol. The molecule has 0 bridgehead atoms. The van der Waals surface area contributed by atoms with E-state index in [9.17, 15) is 0 Å². The molecular formula is C22H20O2. The minimum absolute atomic E-state index is 0.508. The minimum atomic E-state index is -0.684. The Labute approximate surface area is 142 Å². The van der Waals surface area contributed by atoms with Gasteiger partial charge in [0.2, 0.25) is 0 Å². The fraction of sp³-hybridized carbons (Fsp3) is 0.182. The van der Waals surface area contributed by atoms with Crippen LogP contribution in [0.15, 0.2) is 91.0 Å². The predicted octanol–water partition coefficient (Wildman–Crippen LogP) is 4.50. The van der Waals surface area contributed by atoms with Crippen molar-refractivity contribution >= 4 is 0 Å². The van der Waals surface area contributed by atoms with E-state index in [4.69, 9.17) is 9.47 Å². The van der Waals surface area contributed by atoms with Crippen LogP contribution in [0, 0.1) is 0 Å². The normalized spacial score (nSPS) is 19.9. The summed E-state index contributed by atoms with van der Waals surface area (Å²) in [7, 11) is 1.77. The minimum Gasteiger partial charge on any atom is -0.365 e. The van der Waals surface area contributed by atoms with Crippen molar-refractivity contribution in [2.45, 2.75) is 11.2 Å². The highest BCUT2D eigenvalue weighted by molar-refractivity contribution is 5.47. The molecule has 1 fully saturated rings. The van der Waals surface area contributed by atoms with Gasteiger partial charge in [-0.05, 0) is 16.7 Å². The lowest BCUT2D eigenvalue weighted by atomic mass is 9.72. The zero-order chi connectivity index (χ0) is 16.5. The molecule has 0 spiro atoms. The van der Waals surface area contributed by atoms with Gasteiger partial charge in [-0.15, -0.1) is 0 Å². The molecule has 2 nitrogen and oxygen atoms in total. The summed E-state index contributed by atoms with van der Waals surface area (Å²) in [6.07, 6.45) is 0. The average Bonchev–Trinajstić information content (AvgIpc) is 3.48. The third-order valence-corrected chi connectivity index (χ3v) is 4.91. The second-order valence-electron chi connectivity index (χ2n) is 6.10. The summed E-state index contributed by atoms with van der Waals surface area (Å²) in [5.41, 5.74) is 2.14. The lowest BCUT2D eigenvalue weighted by molar-refractivity contribution is -0.0492. The molecule has 3 aromatic rings. The second-order valence-corrected chi connectivity index (χ2v) is 6.10. The molecule has 1 unspecified atom stereocenters. The maximum atomic E-state index is 6.27. The molecule has 1 atom stereocenters. The first kappa shape index (κ1) is 15.1.